The summed E-state index contributed by atoms with van der Waals surface area (Å²) in [6.07, 6.45) is -2.87. The highest BCUT2D eigenvalue weighted by Gasteiger charge is 2.32. The van der Waals surface area contributed by atoms with Crippen LogP contribution in [-0.4, -0.2) is 53.0 Å². The molecule has 0 aliphatic heterocycles. The summed E-state index contributed by atoms with van der Waals surface area (Å²) in [7, 11) is 1.17. The quantitative estimate of drug-likeness (QED) is 0.135. The fourth-order valence-electron chi connectivity index (χ4n) is 2.37. The molecule has 0 aliphatic rings. The van der Waals surface area contributed by atoms with Gasteiger partial charge in [-0.25, -0.2) is 27.0 Å². The molecule has 2 aromatic carbocycles. The molecule has 0 saturated carbocycles. The van der Waals surface area contributed by atoms with E-state index in [1.54, 1.807) is 19.2 Å². The Hall–Kier alpha value is -3.53. The fraction of sp³-hybridized carbons (Fsp3) is 0.273. The Balaban J connectivity index is 2.28. The number of nitrogens with one attached hydrogen (secondary N) is 1. The van der Waals surface area contributed by atoms with Gasteiger partial charge in [0.2, 0.25) is 0 Å². The molecule has 1 N–H and O–H groups in total. The van der Waals surface area contributed by atoms with Crippen molar-refractivity contribution in [3.63, 3.8) is 0 Å². The predicted octanol–water partition coefficient (Wildman–Crippen LogP) is 5.98. The number of alkyl halides is 3. The average Bonchev–Trinajstić information content (AvgIpc) is 2.81. The number of rotatable bonds is 8. The van der Waals surface area contributed by atoms with Crippen molar-refractivity contribution in [2.24, 2.45) is 5.16 Å². The zero-order chi connectivity index (χ0) is 28.7. The van der Waals surface area contributed by atoms with Gasteiger partial charge >= 0.3 is 18.5 Å². The van der Waals surface area contributed by atoms with E-state index in [9.17, 15) is 36.3 Å². The lowest BCUT2D eigenvalue weighted by Crippen LogP contribution is -2.42. The molecule has 0 heterocycles. The van der Waals surface area contributed by atoms with E-state index >= 15 is 0 Å². The number of ether oxygens (including phenoxy) is 1. The third-order valence-electron chi connectivity index (χ3n) is 4.38. The van der Waals surface area contributed by atoms with Crippen molar-refractivity contribution in [1.29, 1.82) is 0 Å². The molecule has 0 bridgehead atoms. The van der Waals surface area contributed by atoms with Gasteiger partial charge in [-0.3, -0.25) is 14.9 Å². The van der Waals surface area contributed by atoms with Gasteiger partial charge in [0.15, 0.2) is 0 Å². The highest BCUT2D eigenvalue weighted by atomic mass is 32.2. The van der Waals surface area contributed by atoms with Crippen molar-refractivity contribution in [1.82, 2.24) is 9.62 Å². The molecule has 16 heteroatoms. The Bertz CT molecular complexity index is 1180. The topological polar surface area (TPSA) is 101 Å². The van der Waals surface area contributed by atoms with Crippen molar-refractivity contribution in [3.8, 4) is 5.75 Å². The molecular formula is C22H21F5N4O5S2. The summed E-state index contributed by atoms with van der Waals surface area (Å²) in [5.41, 5.74) is -1.19. The van der Waals surface area contributed by atoms with Crippen molar-refractivity contribution < 1.29 is 45.9 Å². The zero-order valence-corrected chi connectivity index (χ0v) is 21.8. The van der Waals surface area contributed by atoms with Crippen LogP contribution in [0.2, 0.25) is 0 Å². The third kappa shape index (κ3) is 9.09. The Morgan fingerprint density at radius 1 is 1.03 bits per heavy atom. The lowest BCUT2D eigenvalue weighted by Gasteiger charge is -2.25. The normalized spacial score (nSPS) is 11.7. The highest BCUT2D eigenvalue weighted by Crippen LogP contribution is 2.30. The van der Waals surface area contributed by atoms with Crippen LogP contribution in [0.3, 0.4) is 0 Å². The predicted molar refractivity (Wildman–Crippen MR) is 133 cm³/mol. The molecule has 0 radical (unpaired) electrons. The highest BCUT2D eigenvalue weighted by molar-refractivity contribution is 8.00. The average molecular weight is 581 g/mol. The van der Waals surface area contributed by atoms with E-state index in [1.165, 1.54) is 25.0 Å². The number of benzene rings is 2. The number of carbonyl (C=O) groups is 3. The van der Waals surface area contributed by atoms with Crippen molar-refractivity contribution in [2.45, 2.75) is 25.0 Å². The van der Waals surface area contributed by atoms with Crippen molar-refractivity contribution >= 4 is 53.8 Å². The maximum atomic E-state index is 14.0. The van der Waals surface area contributed by atoms with Crippen LogP contribution < -0.4 is 14.4 Å². The van der Waals surface area contributed by atoms with Gasteiger partial charge < -0.3 is 4.74 Å². The van der Waals surface area contributed by atoms with Crippen LogP contribution in [0.4, 0.5) is 37.2 Å². The Labute approximate surface area is 222 Å². The first-order chi connectivity index (χ1) is 17.6. The minimum absolute atomic E-state index is 0.143. The smallest absolute Gasteiger partial charge is 0.406 e. The number of carbonyl (C=O) groups excluding carboxylic acids is 3. The number of nitrogens with zero attached hydrogens (tertiary/aromatic N) is 3. The summed E-state index contributed by atoms with van der Waals surface area (Å²) < 4.78 is 70.2. The van der Waals surface area contributed by atoms with Gasteiger partial charge in [0.1, 0.15) is 22.9 Å². The maximum absolute atomic E-state index is 14.0. The fourth-order valence-corrected chi connectivity index (χ4v) is 3.20. The lowest BCUT2D eigenvalue weighted by atomic mass is 10.2. The van der Waals surface area contributed by atoms with Gasteiger partial charge in [0.05, 0.1) is 24.0 Å². The number of hydrogen-bond acceptors (Lipinski definition) is 8. The van der Waals surface area contributed by atoms with Gasteiger partial charge in [-0.1, -0.05) is 11.2 Å². The Morgan fingerprint density at radius 2 is 1.61 bits per heavy atom. The van der Waals surface area contributed by atoms with Crippen LogP contribution in [0.1, 0.15) is 24.2 Å². The monoisotopic (exact) mass is 580 g/mol. The second-order valence-corrected chi connectivity index (χ2v) is 10.2. The third-order valence-corrected chi connectivity index (χ3v) is 6.47. The van der Waals surface area contributed by atoms with Crippen molar-refractivity contribution in [3.05, 3.63) is 59.7 Å². The van der Waals surface area contributed by atoms with Crippen LogP contribution in [-0.2, 0) is 4.84 Å². The zero-order valence-electron chi connectivity index (χ0n) is 20.2. The molecule has 0 unspecified atom stereocenters. The number of oxime groups is 1. The number of urea groups is 1. The van der Waals surface area contributed by atoms with Gasteiger partial charge in [0, 0.05) is 11.8 Å². The van der Waals surface area contributed by atoms with E-state index in [0.717, 1.165) is 46.8 Å². The number of thioether (sulfide) groups is 1. The molecular weight excluding hydrogens is 559 g/mol. The summed E-state index contributed by atoms with van der Waals surface area (Å²) in [4.78, 5) is 42.4. The summed E-state index contributed by atoms with van der Waals surface area (Å²) >= 11 is 1.76. The van der Waals surface area contributed by atoms with Crippen LogP contribution in [0, 0.1) is 11.6 Å². The van der Waals surface area contributed by atoms with E-state index in [4.69, 9.17) is 4.84 Å². The van der Waals surface area contributed by atoms with Gasteiger partial charge in [-0.2, -0.15) is 11.8 Å². The molecule has 0 aliphatic carbocycles. The van der Waals surface area contributed by atoms with Crippen molar-refractivity contribution in [2.75, 3.05) is 17.6 Å². The maximum Gasteiger partial charge on any atom is 0.573 e. The van der Waals surface area contributed by atoms with Crippen LogP contribution >= 0.6 is 23.9 Å². The minimum Gasteiger partial charge on any atom is -0.406 e. The first-order valence-corrected chi connectivity index (χ1v) is 12.3. The molecule has 9 nitrogen and oxygen atoms in total. The second kappa shape index (κ2) is 12.8. The first-order valence-electron chi connectivity index (χ1n) is 10.3. The number of anilines is 1. The largest absolute Gasteiger partial charge is 0.573 e. The molecule has 0 spiro atoms. The van der Waals surface area contributed by atoms with E-state index in [2.05, 4.69) is 9.89 Å². The standard InChI is InChI=1S/C22H21F5N4O5S2/c1-21(2,37-4)12-28-36-20(34)30(3)38-31(13-8-10-14(11-9-13)35-22(25,26)27)19(33)29-18(32)17-15(23)6-5-7-16(17)24/h5-12H,1-4H3,(H,29,32,33)/b28-12-. The molecule has 0 atom stereocenters. The number of hydrogen-bond donors (Lipinski definition) is 1. The van der Waals surface area contributed by atoms with Gasteiger partial charge in [-0.15, -0.1) is 13.2 Å². The van der Waals surface area contributed by atoms with E-state index < -0.39 is 52.1 Å². The molecule has 0 saturated heterocycles. The van der Waals surface area contributed by atoms with Crippen LogP contribution in [0.5, 0.6) is 5.75 Å². The molecule has 2 aromatic rings. The summed E-state index contributed by atoms with van der Waals surface area (Å²) in [5.74, 6) is -4.54. The van der Waals surface area contributed by atoms with E-state index in [-0.39, 0.29) is 5.69 Å². The van der Waals surface area contributed by atoms with Gasteiger partial charge in [-0.05, 0) is 56.5 Å². The Morgan fingerprint density at radius 3 is 2.13 bits per heavy atom. The second-order valence-electron chi connectivity index (χ2n) is 7.67. The molecule has 4 amide bonds. The minimum atomic E-state index is -4.97. The summed E-state index contributed by atoms with van der Waals surface area (Å²) in [6, 6.07) is 5.09. The molecule has 0 fully saturated rings. The van der Waals surface area contributed by atoms with E-state index in [1.807, 2.05) is 6.26 Å². The number of amides is 4. The SMILES string of the molecule is CSC(C)(C)/C=N\OC(=O)N(C)SN(C(=O)NC(=O)c1c(F)cccc1F)c1ccc(OC(F)(F)F)cc1. The molecule has 0 aromatic heterocycles. The van der Waals surface area contributed by atoms with Crippen LogP contribution in [0.15, 0.2) is 47.6 Å². The summed E-state index contributed by atoms with van der Waals surface area (Å²) in [6.45, 7) is 3.61. The number of imide groups is 1. The van der Waals surface area contributed by atoms with Gasteiger partial charge in [0.25, 0.3) is 5.91 Å². The Kier molecular flexibility index (Phi) is 10.4. The first kappa shape index (κ1) is 30.7. The van der Waals surface area contributed by atoms with E-state index in [0.29, 0.717) is 16.4 Å². The molecule has 38 heavy (non-hydrogen) atoms. The molecule has 2 rings (SSSR count). The van der Waals surface area contributed by atoms with Crippen LogP contribution in [0.25, 0.3) is 0 Å². The molecule has 206 valence electrons. The number of halogens is 5. The lowest BCUT2D eigenvalue weighted by molar-refractivity contribution is -0.274. The summed E-state index contributed by atoms with van der Waals surface area (Å²) in [5, 5.41) is 5.35.